The molecule has 11 heteroatoms. The molecule has 0 fully saturated rings. The van der Waals surface area contributed by atoms with E-state index in [0.29, 0.717) is 11.4 Å². The largest absolute Gasteiger partial charge is 0.324 e. The van der Waals surface area contributed by atoms with Gasteiger partial charge in [0.05, 0.1) is 10.6 Å². The monoisotopic (exact) mass is 457 g/mol. The minimum Gasteiger partial charge on any atom is -0.324 e. The number of amides is 1. The van der Waals surface area contributed by atoms with E-state index in [-0.39, 0.29) is 10.0 Å². The molecule has 1 atom stereocenters. The van der Waals surface area contributed by atoms with Gasteiger partial charge in [0.2, 0.25) is 6.04 Å². The van der Waals surface area contributed by atoms with Gasteiger partial charge in [0.15, 0.2) is 10.9 Å². The lowest BCUT2D eigenvalue weighted by Gasteiger charge is -2.11. The smallest absolute Gasteiger partial charge is 0.263 e. The van der Waals surface area contributed by atoms with Crippen molar-refractivity contribution in [3.63, 3.8) is 0 Å². The second-order valence-electron chi connectivity index (χ2n) is 6.47. The van der Waals surface area contributed by atoms with Crippen molar-refractivity contribution in [3.05, 3.63) is 65.7 Å². The van der Waals surface area contributed by atoms with Gasteiger partial charge in [-0.25, -0.2) is 13.4 Å². The number of thiazole rings is 1. The molecule has 0 aliphatic rings. The number of aromatic nitrogens is 1. The summed E-state index contributed by atoms with van der Waals surface area (Å²) >= 11 is 1.16. The summed E-state index contributed by atoms with van der Waals surface area (Å²) < 4.78 is 27.1. The van der Waals surface area contributed by atoms with Crippen LogP contribution < -0.4 is 10.0 Å². The van der Waals surface area contributed by atoms with Gasteiger partial charge in [0, 0.05) is 17.3 Å². The standard InChI is InChI=1S/C20H19N5O4S2/c1-13-5-3-4-6-17(13)22-19(27)18(14(2)26)24-23-15-7-9-16(10-8-15)31(28,29)25-20-21-11-12-30-20/h3-12,18H,1-2H3,(H,21,25)(H,22,27). The number of carbonyl (C=O) groups excluding carboxylic acids is 2. The summed E-state index contributed by atoms with van der Waals surface area (Å²) in [5.41, 5.74) is 1.72. The van der Waals surface area contributed by atoms with Crippen LogP contribution in [0.5, 0.6) is 0 Å². The lowest BCUT2D eigenvalue weighted by atomic mass is 10.1. The third-order valence-electron chi connectivity index (χ3n) is 4.13. The maximum atomic E-state index is 12.5. The highest BCUT2D eigenvalue weighted by Crippen LogP contribution is 2.21. The molecule has 1 heterocycles. The molecule has 0 bridgehead atoms. The van der Waals surface area contributed by atoms with Gasteiger partial charge in [-0.3, -0.25) is 14.3 Å². The van der Waals surface area contributed by atoms with Crippen molar-refractivity contribution in [1.82, 2.24) is 4.98 Å². The van der Waals surface area contributed by atoms with Gasteiger partial charge in [-0.05, 0) is 49.7 Å². The Kier molecular flexibility index (Phi) is 6.88. The van der Waals surface area contributed by atoms with Crippen LogP contribution in [0.4, 0.5) is 16.5 Å². The van der Waals surface area contributed by atoms with E-state index in [1.165, 1.54) is 37.4 Å². The summed E-state index contributed by atoms with van der Waals surface area (Å²) in [4.78, 5) is 28.3. The zero-order chi connectivity index (χ0) is 22.4. The van der Waals surface area contributed by atoms with Gasteiger partial charge in [-0.2, -0.15) is 10.2 Å². The Labute approximate surface area is 183 Å². The number of anilines is 2. The van der Waals surface area contributed by atoms with Crippen molar-refractivity contribution in [2.75, 3.05) is 10.0 Å². The molecule has 0 aliphatic heterocycles. The van der Waals surface area contributed by atoms with E-state index < -0.39 is 27.8 Å². The van der Waals surface area contributed by atoms with Crippen LogP contribution in [0.15, 0.2) is 75.2 Å². The first-order valence-corrected chi connectivity index (χ1v) is 11.4. The normalized spacial score (nSPS) is 12.5. The second-order valence-corrected chi connectivity index (χ2v) is 9.05. The zero-order valence-corrected chi connectivity index (χ0v) is 18.3. The average molecular weight is 458 g/mol. The number of rotatable bonds is 8. The van der Waals surface area contributed by atoms with Crippen LogP contribution in [0.25, 0.3) is 0 Å². The van der Waals surface area contributed by atoms with E-state index in [9.17, 15) is 18.0 Å². The highest BCUT2D eigenvalue weighted by Gasteiger charge is 2.23. The van der Waals surface area contributed by atoms with Crippen molar-refractivity contribution in [3.8, 4) is 0 Å². The lowest BCUT2D eigenvalue weighted by molar-refractivity contribution is -0.126. The number of nitrogens with zero attached hydrogens (tertiary/aromatic N) is 3. The number of sulfonamides is 1. The predicted molar refractivity (Wildman–Crippen MR) is 118 cm³/mol. The number of Topliss-reactive ketones (excluding diaryl/α,β-unsaturated/α-hetero) is 1. The molecule has 160 valence electrons. The maximum absolute atomic E-state index is 12.5. The van der Waals surface area contributed by atoms with Crippen LogP contribution in [0.1, 0.15) is 12.5 Å². The fraction of sp³-hybridized carbons (Fsp3) is 0.150. The van der Waals surface area contributed by atoms with Crippen LogP contribution in [0, 0.1) is 6.92 Å². The Morgan fingerprint density at radius 1 is 1.10 bits per heavy atom. The molecule has 1 unspecified atom stereocenters. The number of hydrogen-bond acceptors (Lipinski definition) is 8. The summed E-state index contributed by atoms with van der Waals surface area (Å²) in [5.74, 6) is -1.07. The summed E-state index contributed by atoms with van der Waals surface area (Å²) in [7, 11) is -3.79. The second kappa shape index (κ2) is 9.58. The first-order chi connectivity index (χ1) is 14.8. The molecular weight excluding hydrogens is 438 g/mol. The molecule has 2 aromatic carbocycles. The molecule has 2 N–H and O–H groups in total. The number of hydrogen-bond donors (Lipinski definition) is 2. The molecule has 1 aromatic heterocycles. The quantitative estimate of drug-likeness (QED) is 0.391. The van der Waals surface area contributed by atoms with Gasteiger partial charge in [0.1, 0.15) is 0 Å². The number of para-hydroxylation sites is 1. The van der Waals surface area contributed by atoms with Crippen LogP contribution in [0.2, 0.25) is 0 Å². The predicted octanol–water partition coefficient (Wildman–Crippen LogP) is 3.93. The third kappa shape index (κ3) is 5.80. The molecule has 3 rings (SSSR count). The minimum absolute atomic E-state index is 0.0158. The van der Waals surface area contributed by atoms with Crippen molar-refractivity contribution < 1.29 is 18.0 Å². The minimum atomic E-state index is -3.79. The van der Waals surface area contributed by atoms with Crippen molar-refractivity contribution in [1.29, 1.82) is 0 Å². The van der Waals surface area contributed by atoms with Crippen molar-refractivity contribution >= 4 is 49.6 Å². The Hall–Kier alpha value is -3.44. The fourth-order valence-corrected chi connectivity index (χ4v) is 4.29. The number of ketones is 1. The fourth-order valence-electron chi connectivity index (χ4n) is 2.50. The molecular formula is C20H19N5O4S2. The number of aryl methyl sites for hydroxylation is 1. The molecule has 0 radical (unpaired) electrons. The molecule has 0 spiro atoms. The van der Waals surface area contributed by atoms with Gasteiger partial charge < -0.3 is 5.32 Å². The number of benzene rings is 2. The molecule has 31 heavy (non-hydrogen) atoms. The van der Waals surface area contributed by atoms with Crippen molar-refractivity contribution in [2.45, 2.75) is 24.8 Å². The van der Waals surface area contributed by atoms with E-state index >= 15 is 0 Å². The van der Waals surface area contributed by atoms with Gasteiger partial charge in [-0.15, -0.1) is 11.3 Å². The topological polar surface area (TPSA) is 130 Å². The van der Waals surface area contributed by atoms with Gasteiger partial charge in [0.25, 0.3) is 15.9 Å². The maximum Gasteiger partial charge on any atom is 0.263 e. The van der Waals surface area contributed by atoms with Crippen LogP contribution in [0.3, 0.4) is 0 Å². The summed E-state index contributed by atoms with van der Waals surface area (Å²) in [5, 5.41) is 12.4. The van der Waals surface area contributed by atoms with E-state index in [1.807, 2.05) is 19.1 Å². The lowest BCUT2D eigenvalue weighted by Crippen LogP contribution is -2.32. The third-order valence-corrected chi connectivity index (χ3v) is 6.30. The molecule has 0 aliphatic carbocycles. The van der Waals surface area contributed by atoms with Crippen LogP contribution in [-0.2, 0) is 19.6 Å². The van der Waals surface area contributed by atoms with Crippen molar-refractivity contribution in [2.24, 2.45) is 10.2 Å². The number of nitrogens with one attached hydrogen (secondary N) is 2. The SMILES string of the molecule is CC(=O)C(N=Nc1ccc(S(=O)(=O)Nc2nccs2)cc1)C(=O)Nc1ccccc1C. The van der Waals surface area contributed by atoms with Crippen LogP contribution in [-0.4, -0.2) is 31.1 Å². The molecule has 0 saturated carbocycles. The van der Waals surface area contributed by atoms with E-state index in [4.69, 9.17) is 0 Å². The summed E-state index contributed by atoms with van der Waals surface area (Å²) in [6.45, 7) is 3.08. The van der Waals surface area contributed by atoms with Gasteiger partial charge in [-0.1, -0.05) is 18.2 Å². The molecule has 9 nitrogen and oxygen atoms in total. The Bertz CT molecular complexity index is 1210. The highest BCUT2D eigenvalue weighted by molar-refractivity contribution is 7.93. The van der Waals surface area contributed by atoms with Gasteiger partial charge >= 0.3 is 0 Å². The number of carbonyl (C=O) groups is 2. The van der Waals surface area contributed by atoms with E-state index in [1.54, 1.807) is 17.5 Å². The number of azo groups is 1. The molecule has 3 aromatic rings. The summed E-state index contributed by atoms with van der Waals surface area (Å²) in [6.07, 6.45) is 1.49. The summed E-state index contributed by atoms with van der Waals surface area (Å²) in [6, 6.07) is 11.4. The Morgan fingerprint density at radius 3 is 2.42 bits per heavy atom. The highest BCUT2D eigenvalue weighted by atomic mass is 32.2. The first-order valence-electron chi connectivity index (χ1n) is 9.06. The average Bonchev–Trinajstić information content (AvgIpc) is 3.22. The molecule has 1 amide bonds. The van der Waals surface area contributed by atoms with E-state index in [2.05, 4.69) is 25.3 Å². The Morgan fingerprint density at radius 2 is 1.81 bits per heavy atom. The van der Waals surface area contributed by atoms with Crippen LogP contribution >= 0.6 is 11.3 Å². The molecule has 0 saturated heterocycles. The van der Waals surface area contributed by atoms with E-state index in [0.717, 1.165) is 16.9 Å². The zero-order valence-electron chi connectivity index (χ0n) is 16.6. The Balaban J connectivity index is 1.72. The first kappa shape index (κ1) is 22.2.